The van der Waals surface area contributed by atoms with Crippen molar-refractivity contribution in [3.05, 3.63) is 11.8 Å². The predicted octanol–water partition coefficient (Wildman–Crippen LogP) is 0.299. The number of carbonyl (C=O) groups excluding carboxylic acids is 1. The third-order valence-corrected chi connectivity index (χ3v) is 2.58. The molecular formula is C11H18N4O2. The van der Waals surface area contributed by atoms with Gasteiger partial charge in [-0.15, -0.1) is 10.2 Å². The molecule has 1 saturated heterocycles. The minimum atomic E-state index is -0.134. The lowest BCUT2D eigenvalue weighted by Gasteiger charge is -2.24. The van der Waals surface area contributed by atoms with Crippen LogP contribution in [0.25, 0.3) is 0 Å². The summed E-state index contributed by atoms with van der Waals surface area (Å²) in [4.78, 5) is 13.2. The van der Waals surface area contributed by atoms with Gasteiger partial charge in [0.2, 0.25) is 17.7 Å². The Balaban J connectivity index is 1.99. The summed E-state index contributed by atoms with van der Waals surface area (Å²) in [5, 5.41) is 10.8. The fraction of sp³-hybridized carbons (Fsp3) is 0.727. The van der Waals surface area contributed by atoms with Gasteiger partial charge in [0, 0.05) is 18.5 Å². The van der Waals surface area contributed by atoms with E-state index in [2.05, 4.69) is 15.5 Å². The second-order valence-corrected chi connectivity index (χ2v) is 5.31. The molecule has 94 valence electrons. The Labute approximate surface area is 100 Å². The Bertz CT molecular complexity index is 408. The first-order valence-corrected chi connectivity index (χ1v) is 5.77. The molecule has 6 nitrogen and oxygen atoms in total. The molecule has 0 saturated carbocycles. The Kier molecular flexibility index (Phi) is 3.15. The molecule has 0 spiro atoms. The van der Waals surface area contributed by atoms with Gasteiger partial charge in [0.25, 0.3) is 0 Å². The fourth-order valence-electron chi connectivity index (χ4n) is 1.64. The number of rotatable bonds is 2. The quantitative estimate of drug-likeness (QED) is 0.802. The molecule has 0 radical (unpaired) electrons. The molecule has 0 aromatic carbocycles. The van der Waals surface area contributed by atoms with E-state index in [1.807, 2.05) is 25.7 Å². The van der Waals surface area contributed by atoms with Crippen LogP contribution in [-0.2, 0) is 16.8 Å². The zero-order chi connectivity index (χ0) is 12.5. The zero-order valence-corrected chi connectivity index (χ0v) is 10.5. The van der Waals surface area contributed by atoms with E-state index in [1.165, 1.54) is 0 Å². The van der Waals surface area contributed by atoms with E-state index in [0.29, 0.717) is 31.4 Å². The first kappa shape index (κ1) is 12.0. The molecule has 2 heterocycles. The summed E-state index contributed by atoms with van der Waals surface area (Å²) < 4.78 is 5.59. The minimum Gasteiger partial charge on any atom is -0.423 e. The topological polar surface area (TPSA) is 71.3 Å². The van der Waals surface area contributed by atoms with Crippen molar-refractivity contribution in [2.45, 2.75) is 32.7 Å². The molecule has 1 N–H and O–H groups in total. The third kappa shape index (κ3) is 3.03. The summed E-state index contributed by atoms with van der Waals surface area (Å²) >= 11 is 0. The lowest BCUT2D eigenvalue weighted by molar-refractivity contribution is -0.124. The van der Waals surface area contributed by atoms with Crippen LogP contribution in [0.15, 0.2) is 4.42 Å². The molecule has 0 bridgehead atoms. The van der Waals surface area contributed by atoms with Crippen LogP contribution in [0, 0.1) is 0 Å². The molecule has 1 aromatic rings. The highest BCUT2D eigenvalue weighted by Gasteiger charge is 2.23. The smallest absolute Gasteiger partial charge is 0.234 e. The maximum Gasteiger partial charge on any atom is 0.234 e. The van der Waals surface area contributed by atoms with Crippen molar-refractivity contribution in [2.75, 3.05) is 19.6 Å². The molecule has 0 unspecified atom stereocenters. The van der Waals surface area contributed by atoms with Crippen LogP contribution in [0.5, 0.6) is 0 Å². The van der Waals surface area contributed by atoms with Crippen molar-refractivity contribution in [1.29, 1.82) is 0 Å². The Morgan fingerprint density at radius 2 is 2.18 bits per heavy atom. The van der Waals surface area contributed by atoms with Crippen LogP contribution in [0.4, 0.5) is 0 Å². The zero-order valence-electron chi connectivity index (χ0n) is 10.5. The van der Waals surface area contributed by atoms with Crippen LogP contribution >= 0.6 is 0 Å². The molecular weight excluding hydrogens is 220 g/mol. The van der Waals surface area contributed by atoms with E-state index >= 15 is 0 Å². The van der Waals surface area contributed by atoms with Gasteiger partial charge >= 0.3 is 0 Å². The van der Waals surface area contributed by atoms with Gasteiger partial charge in [-0.25, -0.2) is 0 Å². The van der Waals surface area contributed by atoms with Crippen molar-refractivity contribution in [3.8, 4) is 0 Å². The highest BCUT2D eigenvalue weighted by atomic mass is 16.4. The number of carbonyl (C=O) groups is 1. The van der Waals surface area contributed by atoms with Gasteiger partial charge < -0.3 is 9.73 Å². The van der Waals surface area contributed by atoms with Gasteiger partial charge in [-0.2, -0.15) is 0 Å². The molecule has 6 heteroatoms. The normalized spacial score (nSPS) is 18.2. The van der Waals surface area contributed by atoms with E-state index in [1.54, 1.807) is 0 Å². The second kappa shape index (κ2) is 4.44. The second-order valence-electron chi connectivity index (χ2n) is 5.31. The van der Waals surface area contributed by atoms with Crippen molar-refractivity contribution in [3.63, 3.8) is 0 Å². The molecule has 2 rings (SSSR count). The van der Waals surface area contributed by atoms with Crippen LogP contribution in [-0.4, -0.2) is 40.6 Å². The number of aromatic nitrogens is 2. The summed E-state index contributed by atoms with van der Waals surface area (Å²) in [5.41, 5.74) is -0.134. The molecule has 0 aliphatic carbocycles. The van der Waals surface area contributed by atoms with Crippen molar-refractivity contribution < 1.29 is 9.21 Å². The fourth-order valence-corrected chi connectivity index (χ4v) is 1.64. The summed E-state index contributed by atoms with van der Waals surface area (Å²) in [7, 11) is 0. The first-order valence-electron chi connectivity index (χ1n) is 5.77. The lowest BCUT2D eigenvalue weighted by Crippen LogP contribution is -2.47. The number of amides is 1. The molecule has 1 fully saturated rings. The average molecular weight is 238 g/mol. The lowest BCUT2D eigenvalue weighted by atomic mass is 9.97. The van der Waals surface area contributed by atoms with Crippen LogP contribution in [0.3, 0.4) is 0 Å². The number of nitrogens with zero attached hydrogens (tertiary/aromatic N) is 3. The summed E-state index contributed by atoms with van der Waals surface area (Å²) in [6.45, 7) is 8.51. The predicted molar refractivity (Wildman–Crippen MR) is 61.3 cm³/mol. The minimum absolute atomic E-state index is 0.0480. The molecule has 1 aliphatic rings. The summed E-state index contributed by atoms with van der Waals surface area (Å²) in [6.07, 6.45) is 0. The molecule has 1 amide bonds. The first-order chi connectivity index (χ1) is 7.95. The third-order valence-electron chi connectivity index (χ3n) is 2.58. The van der Waals surface area contributed by atoms with Gasteiger partial charge in [-0.3, -0.25) is 9.69 Å². The Morgan fingerprint density at radius 3 is 2.76 bits per heavy atom. The highest BCUT2D eigenvalue weighted by molar-refractivity contribution is 5.78. The van der Waals surface area contributed by atoms with Crippen molar-refractivity contribution in [1.82, 2.24) is 20.4 Å². The van der Waals surface area contributed by atoms with E-state index < -0.39 is 0 Å². The number of hydrogen-bond donors (Lipinski definition) is 1. The van der Waals surface area contributed by atoms with Crippen LogP contribution < -0.4 is 5.32 Å². The molecule has 1 aromatic heterocycles. The summed E-state index contributed by atoms with van der Waals surface area (Å²) in [6, 6.07) is 0. The van der Waals surface area contributed by atoms with E-state index in [0.717, 1.165) is 6.54 Å². The van der Waals surface area contributed by atoms with Gasteiger partial charge in [-0.05, 0) is 0 Å². The maximum absolute atomic E-state index is 11.2. The molecule has 1 aliphatic heterocycles. The van der Waals surface area contributed by atoms with Gasteiger partial charge in [0.1, 0.15) is 0 Å². The van der Waals surface area contributed by atoms with Crippen LogP contribution in [0.1, 0.15) is 32.6 Å². The Morgan fingerprint density at radius 1 is 1.41 bits per heavy atom. The van der Waals surface area contributed by atoms with E-state index in [-0.39, 0.29) is 11.3 Å². The van der Waals surface area contributed by atoms with Crippen molar-refractivity contribution >= 4 is 5.91 Å². The monoisotopic (exact) mass is 238 g/mol. The SMILES string of the molecule is CC(C)(C)c1nnc(CN2CCNC(=O)C2)o1. The summed E-state index contributed by atoms with van der Waals surface area (Å²) in [5.74, 6) is 1.25. The van der Waals surface area contributed by atoms with Gasteiger partial charge in [-0.1, -0.05) is 20.8 Å². The Hall–Kier alpha value is -1.43. The van der Waals surface area contributed by atoms with E-state index in [9.17, 15) is 4.79 Å². The standard InChI is InChI=1S/C11H18N4O2/c1-11(2,3)10-14-13-9(17-10)7-15-5-4-12-8(16)6-15/h4-7H2,1-3H3,(H,12,16). The van der Waals surface area contributed by atoms with Crippen molar-refractivity contribution in [2.24, 2.45) is 0 Å². The number of piperazine rings is 1. The highest BCUT2D eigenvalue weighted by Crippen LogP contribution is 2.20. The van der Waals surface area contributed by atoms with E-state index in [4.69, 9.17) is 4.42 Å². The van der Waals surface area contributed by atoms with Gasteiger partial charge in [0.05, 0.1) is 13.1 Å². The number of nitrogens with one attached hydrogen (secondary N) is 1. The maximum atomic E-state index is 11.2. The molecule has 17 heavy (non-hydrogen) atoms. The molecule has 0 atom stereocenters. The average Bonchev–Trinajstić information content (AvgIpc) is 2.65. The van der Waals surface area contributed by atoms with Crippen LogP contribution in [0.2, 0.25) is 0 Å². The number of hydrogen-bond acceptors (Lipinski definition) is 5. The van der Waals surface area contributed by atoms with Gasteiger partial charge in [0.15, 0.2) is 0 Å². The largest absolute Gasteiger partial charge is 0.423 e.